The summed E-state index contributed by atoms with van der Waals surface area (Å²) in [6, 6.07) is -1.13. The molecule has 3 aliphatic carbocycles. The lowest BCUT2D eigenvalue weighted by atomic mass is 9.48. The van der Waals surface area contributed by atoms with Crippen molar-refractivity contribution in [1.29, 1.82) is 0 Å². The number of nitrogens with one attached hydrogen (secondary N) is 2. The van der Waals surface area contributed by atoms with Crippen molar-refractivity contribution in [2.45, 2.75) is 90.9 Å². The lowest BCUT2D eigenvalue weighted by Gasteiger charge is -2.58. The Balaban J connectivity index is 1.58. The van der Waals surface area contributed by atoms with Crippen LogP contribution in [-0.4, -0.2) is 30.1 Å². The van der Waals surface area contributed by atoms with E-state index in [1.165, 1.54) is 32.6 Å². The molecule has 0 bridgehead atoms. The van der Waals surface area contributed by atoms with Crippen molar-refractivity contribution in [3.8, 4) is 0 Å². The Morgan fingerprint density at radius 1 is 1.13 bits per heavy atom. The smallest absolute Gasteiger partial charge is 0.349 e. The summed E-state index contributed by atoms with van der Waals surface area (Å²) in [6.45, 7) is 6.95. The summed E-state index contributed by atoms with van der Waals surface area (Å²) in [7, 11) is 0. The van der Waals surface area contributed by atoms with Crippen LogP contribution in [-0.2, 0) is 9.59 Å². The molecule has 0 saturated heterocycles. The summed E-state index contributed by atoms with van der Waals surface area (Å²) in [5.74, 6) is -1.19. The van der Waals surface area contributed by atoms with Gasteiger partial charge in [-0.25, -0.2) is 0 Å². The highest BCUT2D eigenvalue weighted by Gasteiger charge is 2.58. The number of carbonyl (C=O) groups excluding carboxylic acids is 2. The van der Waals surface area contributed by atoms with Gasteiger partial charge >= 0.3 is 6.18 Å². The SMILES string of the molecule is CC(NC(=O)C1=C[C@@]2(C)C(CC[C@@H]3[C@H]2CC[C@]2(C)CCC[C@@H]32)NC1=O)C(C)C(F)(F)F. The van der Waals surface area contributed by atoms with Crippen LogP contribution in [0.4, 0.5) is 13.2 Å². The normalized spacial score (nSPS) is 41.8. The molecule has 4 nitrogen and oxygen atoms in total. The van der Waals surface area contributed by atoms with E-state index in [1.807, 2.05) is 6.08 Å². The third-order valence-corrected chi connectivity index (χ3v) is 9.43. The summed E-state index contributed by atoms with van der Waals surface area (Å²) < 4.78 is 39.1. The van der Waals surface area contributed by atoms with Crippen LogP contribution in [0.1, 0.15) is 72.6 Å². The van der Waals surface area contributed by atoms with Gasteiger partial charge in [0.2, 0.25) is 0 Å². The Labute approximate surface area is 182 Å². The highest BCUT2D eigenvalue weighted by Crippen LogP contribution is 2.63. The summed E-state index contributed by atoms with van der Waals surface area (Å²) in [4.78, 5) is 25.6. The first-order valence-corrected chi connectivity index (χ1v) is 11.8. The number of halogens is 3. The van der Waals surface area contributed by atoms with Gasteiger partial charge < -0.3 is 10.6 Å². The molecule has 4 rings (SSSR count). The van der Waals surface area contributed by atoms with Crippen molar-refractivity contribution < 1.29 is 22.8 Å². The zero-order valence-electron chi connectivity index (χ0n) is 18.9. The first-order valence-electron chi connectivity index (χ1n) is 11.8. The molecule has 1 aliphatic heterocycles. The topological polar surface area (TPSA) is 58.2 Å². The molecule has 0 aromatic rings. The van der Waals surface area contributed by atoms with E-state index in [4.69, 9.17) is 0 Å². The monoisotopic (exact) mass is 440 g/mol. The van der Waals surface area contributed by atoms with Crippen molar-refractivity contribution >= 4 is 11.8 Å². The number of alkyl halides is 3. The van der Waals surface area contributed by atoms with Gasteiger partial charge in [0.25, 0.3) is 11.8 Å². The largest absolute Gasteiger partial charge is 0.393 e. The summed E-state index contributed by atoms with van der Waals surface area (Å²) in [5.41, 5.74) is 0.0437. The van der Waals surface area contributed by atoms with E-state index in [1.54, 1.807) is 0 Å². The molecule has 3 fully saturated rings. The zero-order valence-corrected chi connectivity index (χ0v) is 18.9. The molecule has 2 amide bonds. The number of fused-ring (bicyclic) bond motifs is 5. The van der Waals surface area contributed by atoms with Crippen LogP contribution in [0.3, 0.4) is 0 Å². The molecule has 31 heavy (non-hydrogen) atoms. The Morgan fingerprint density at radius 2 is 1.84 bits per heavy atom. The van der Waals surface area contributed by atoms with Crippen LogP contribution in [0.2, 0.25) is 0 Å². The average Bonchev–Trinajstić information content (AvgIpc) is 3.08. The predicted octanol–water partition coefficient (Wildman–Crippen LogP) is 4.75. The first-order chi connectivity index (χ1) is 14.4. The van der Waals surface area contributed by atoms with Crippen LogP contribution in [0.15, 0.2) is 11.6 Å². The van der Waals surface area contributed by atoms with E-state index < -0.39 is 30.0 Å². The van der Waals surface area contributed by atoms with Gasteiger partial charge in [-0.05, 0) is 68.6 Å². The van der Waals surface area contributed by atoms with Gasteiger partial charge in [-0.3, -0.25) is 9.59 Å². The van der Waals surface area contributed by atoms with E-state index in [2.05, 4.69) is 24.5 Å². The number of hydrogen-bond donors (Lipinski definition) is 2. The number of carbonyl (C=O) groups is 2. The molecule has 2 N–H and O–H groups in total. The maximum atomic E-state index is 13.0. The van der Waals surface area contributed by atoms with E-state index >= 15 is 0 Å². The fraction of sp³-hybridized carbons (Fsp3) is 0.833. The lowest BCUT2D eigenvalue weighted by Crippen LogP contribution is -2.61. The fourth-order valence-electron chi connectivity index (χ4n) is 7.29. The Morgan fingerprint density at radius 3 is 2.52 bits per heavy atom. The number of rotatable bonds is 3. The van der Waals surface area contributed by atoms with Crippen LogP contribution in [0.5, 0.6) is 0 Å². The maximum Gasteiger partial charge on any atom is 0.393 e. The predicted molar refractivity (Wildman–Crippen MR) is 112 cm³/mol. The second kappa shape index (κ2) is 7.51. The van der Waals surface area contributed by atoms with Crippen molar-refractivity contribution in [3.63, 3.8) is 0 Å². The minimum absolute atomic E-state index is 0.0184. The Hall–Kier alpha value is -1.53. The fourth-order valence-corrected chi connectivity index (χ4v) is 7.29. The maximum absolute atomic E-state index is 13.0. The van der Waals surface area contributed by atoms with E-state index in [0.717, 1.165) is 26.2 Å². The van der Waals surface area contributed by atoms with Crippen molar-refractivity contribution in [3.05, 3.63) is 11.6 Å². The second-order valence-electron chi connectivity index (χ2n) is 11.1. The molecular weight excluding hydrogens is 405 g/mol. The second-order valence-corrected chi connectivity index (χ2v) is 11.1. The van der Waals surface area contributed by atoms with Gasteiger partial charge in [0, 0.05) is 17.5 Å². The third kappa shape index (κ3) is 3.70. The quantitative estimate of drug-likeness (QED) is 0.623. The molecule has 0 spiro atoms. The minimum Gasteiger partial charge on any atom is -0.349 e. The molecule has 0 radical (unpaired) electrons. The zero-order chi connectivity index (χ0) is 22.8. The molecule has 4 aliphatic rings. The molecule has 1 heterocycles. The van der Waals surface area contributed by atoms with Gasteiger partial charge in [-0.2, -0.15) is 13.2 Å². The van der Waals surface area contributed by atoms with Gasteiger partial charge in [0.15, 0.2) is 0 Å². The molecule has 0 aromatic heterocycles. The molecular formula is C24H35F3N2O2. The minimum atomic E-state index is -4.40. The average molecular weight is 441 g/mol. The summed E-state index contributed by atoms with van der Waals surface area (Å²) in [5, 5.41) is 5.46. The highest BCUT2D eigenvalue weighted by molar-refractivity contribution is 6.19. The third-order valence-electron chi connectivity index (χ3n) is 9.43. The van der Waals surface area contributed by atoms with Gasteiger partial charge in [-0.15, -0.1) is 0 Å². The van der Waals surface area contributed by atoms with Gasteiger partial charge in [-0.1, -0.05) is 33.3 Å². The summed E-state index contributed by atoms with van der Waals surface area (Å²) >= 11 is 0. The first kappa shape index (κ1) is 22.7. The number of amides is 2. The molecule has 174 valence electrons. The molecule has 3 unspecified atom stereocenters. The van der Waals surface area contributed by atoms with E-state index in [0.29, 0.717) is 23.2 Å². The van der Waals surface area contributed by atoms with E-state index in [-0.39, 0.29) is 17.0 Å². The van der Waals surface area contributed by atoms with Crippen LogP contribution < -0.4 is 10.6 Å². The highest BCUT2D eigenvalue weighted by atomic mass is 19.4. The van der Waals surface area contributed by atoms with Gasteiger partial charge in [0.1, 0.15) is 5.57 Å². The molecule has 3 saturated carbocycles. The number of hydrogen-bond acceptors (Lipinski definition) is 2. The van der Waals surface area contributed by atoms with Crippen LogP contribution in [0, 0.1) is 34.5 Å². The molecule has 8 atom stereocenters. The van der Waals surface area contributed by atoms with Crippen LogP contribution >= 0.6 is 0 Å². The van der Waals surface area contributed by atoms with Crippen LogP contribution in [0.25, 0.3) is 0 Å². The van der Waals surface area contributed by atoms with Crippen molar-refractivity contribution in [2.24, 2.45) is 34.5 Å². The molecule has 7 heteroatoms. The van der Waals surface area contributed by atoms with Gasteiger partial charge in [0.05, 0.1) is 5.92 Å². The Kier molecular flexibility index (Phi) is 5.49. The van der Waals surface area contributed by atoms with Crippen molar-refractivity contribution in [1.82, 2.24) is 10.6 Å². The van der Waals surface area contributed by atoms with E-state index in [9.17, 15) is 22.8 Å². The van der Waals surface area contributed by atoms with Crippen molar-refractivity contribution in [2.75, 3.05) is 0 Å². The molecule has 0 aromatic carbocycles. The standard InChI is InChI=1S/C24H35F3N2O2/c1-13(24(25,26)27)14(2)28-20(30)16-12-23(4)18-9-11-22(3)10-5-6-17(22)15(18)7-8-19(23)29-21(16)31/h12-15,17-19H,5-11H2,1-4H3,(H,28,30)(H,29,31)/t13?,14?,15-,17-,18+,19?,22-,23+/m0/s1. The summed E-state index contributed by atoms with van der Waals surface area (Å²) in [6.07, 6.45) is 5.47. The lowest BCUT2D eigenvalue weighted by molar-refractivity contribution is -0.176. The Bertz CT molecular complexity index is 794.